The van der Waals surface area contributed by atoms with Crippen LogP contribution in [0.15, 0.2) is 0 Å². The summed E-state index contributed by atoms with van der Waals surface area (Å²) in [6.07, 6.45) is 5.00. The normalized spacial score (nSPS) is 31.6. The molecule has 110 valence electrons. The van der Waals surface area contributed by atoms with E-state index in [4.69, 9.17) is 5.11 Å². The van der Waals surface area contributed by atoms with Crippen molar-refractivity contribution in [2.75, 3.05) is 26.7 Å². The summed E-state index contributed by atoms with van der Waals surface area (Å²) < 4.78 is 0. The van der Waals surface area contributed by atoms with E-state index in [1.807, 2.05) is 0 Å². The number of aliphatic hydroxyl groups is 1. The van der Waals surface area contributed by atoms with E-state index in [9.17, 15) is 9.90 Å². The number of carboxylic acid groups (broad SMARTS) is 1. The lowest BCUT2D eigenvalue weighted by molar-refractivity contribution is -0.144. The Labute approximate surface area is 115 Å². The summed E-state index contributed by atoms with van der Waals surface area (Å²) in [5, 5.41) is 22.6. The molecule has 0 aromatic heterocycles. The molecule has 19 heavy (non-hydrogen) atoms. The van der Waals surface area contributed by atoms with Gasteiger partial charge in [0.15, 0.2) is 0 Å². The molecule has 0 heterocycles. The van der Waals surface area contributed by atoms with Gasteiger partial charge in [0.1, 0.15) is 0 Å². The van der Waals surface area contributed by atoms with Gasteiger partial charge in [-0.1, -0.05) is 0 Å². The molecule has 0 aromatic rings. The minimum Gasteiger partial charge on any atom is -0.481 e. The second-order valence-corrected chi connectivity index (χ2v) is 6.23. The van der Waals surface area contributed by atoms with Crippen molar-refractivity contribution < 1.29 is 15.0 Å². The van der Waals surface area contributed by atoms with Crippen molar-refractivity contribution in [1.29, 1.82) is 0 Å². The molecule has 0 spiro atoms. The van der Waals surface area contributed by atoms with Crippen LogP contribution in [0.4, 0.5) is 0 Å². The molecule has 0 atom stereocenters. The molecule has 3 N–H and O–H groups in total. The third-order valence-corrected chi connectivity index (χ3v) is 4.53. The molecular weight excluding hydrogens is 244 g/mol. The van der Waals surface area contributed by atoms with E-state index < -0.39 is 11.6 Å². The predicted octanol–water partition coefficient (Wildman–Crippen LogP) is 0.676. The molecular formula is C14H26N2O3. The van der Waals surface area contributed by atoms with Gasteiger partial charge in [-0.05, 0) is 45.6 Å². The first-order chi connectivity index (χ1) is 9.00. The zero-order chi connectivity index (χ0) is 13.9. The number of aliphatic carboxylic acids is 1. The Balaban J connectivity index is 1.61. The molecule has 0 aromatic carbocycles. The number of hydrogen-bond donors (Lipinski definition) is 3. The van der Waals surface area contributed by atoms with Crippen molar-refractivity contribution in [3.8, 4) is 0 Å². The van der Waals surface area contributed by atoms with Crippen LogP contribution in [0.3, 0.4) is 0 Å². The van der Waals surface area contributed by atoms with Crippen molar-refractivity contribution in [2.24, 2.45) is 5.92 Å². The van der Waals surface area contributed by atoms with Crippen LogP contribution in [0.2, 0.25) is 0 Å². The van der Waals surface area contributed by atoms with Gasteiger partial charge in [-0.2, -0.15) is 0 Å². The highest BCUT2D eigenvalue weighted by Crippen LogP contribution is 2.31. The molecule has 5 nitrogen and oxygen atoms in total. The molecule has 0 amide bonds. The summed E-state index contributed by atoms with van der Waals surface area (Å²) in [7, 11) is 2.14. The quantitative estimate of drug-likeness (QED) is 0.593. The van der Waals surface area contributed by atoms with E-state index in [0.717, 1.165) is 19.1 Å². The number of carbonyl (C=O) groups is 1. The summed E-state index contributed by atoms with van der Waals surface area (Å²) in [6, 6.07) is 0.774. The van der Waals surface area contributed by atoms with Gasteiger partial charge in [-0.3, -0.25) is 4.79 Å². The van der Waals surface area contributed by atoms with Crippen LogP contribution in [0, 0.1) is 5.92 Å². The maximum absolute atomic E-state index is 10.9. The zero-order valence-corrected chi connectivity index (χ0v) is 11.8. The van der Waals surface area contributed by atoms with E-state index in [-0.39, 0.29) is 5.92 Å². The zero-order valence-electron chi connectivity index (χ0n) is 11.8. The molecule has 0 unspecified atom stereocenters. The average Bonchev–Trinajstić information content (AvgIpc) is 3.19. The maximum Gasteiger partial charge on any atom is 0.306 e. The third kappa shape index (κ3) is 4.44. The topological polar surface area (TPSA) is 72.8 Å². The first-order valence-corrected chi connectivity index (χ1v) is 7.36. The molecule has 0 saturated heterocycles. The maximum atomic E-state index is 10.9. The van der Waals surface area contributed by atoms with Crippen molar-refractivity contribution in [2.45, 2.75) is 50.2 Å². The molecule has 0 radical (unpaired) electrons. The first kappa shape index (κ1) is 14.8. The lowest BCUT2D eigenvalue weighted by Gasteiger charge is -2.35. The van der Waals surface area contributed by atoms with Gasteiger partial charge >= 0.3 is 5.97 Å². The minimum absolute atomic E-state index is 0.263. The number of nitrogens with zero attached hydrogens (tertiary/aromatic N) is 1. The first-order valence-electron chi connectivity index (χ1n) is 7.36. The van der Waals surface area contributed by atoms with E-state index in [0.29, 0.717) is 32.2 Å². The number of rotatable bonds is 7. The van der Waals surface area contributed by atoms with Crippen LogP contribution < -0.4 is 5.32 Å². The van der Waals surface area contributed by atoms with Crippen LogP contribution in [0.5, 0.6) is 0 Å². The van der Waals surface area contributed by atoms with Gasteiger partial charge in [0.2, 0.25) is 0 Å². The van der Waals surface area contributed by atoms with Gasteiger partial charge in [0, 0.05) is 25.7 Å². The average molecular weight is 270 g/mol. The van der Waals surface area contributed by atoms with Crippen LogP contribution >= 0.6 is 0 Å². The molecule has 2 fully saturated rings. The Morgan fingerprint density at radius 1 is 1.32 bits per heavy atom. The number of likely N-dealkylation sites (N-methyl/N-ethyl adjacent to an activating group) is 1. The Morgan fingerprint density at radius 2 is 1.95 bits per heavy atom. The molecule has 0 aliphatic heterocycles. The van der Waals surface area contributed by atoms with E-state index in [1.54, 1.807) is 0 Å². The van der Waals surface area contributed by atoms with Gasteiger partial charge in [-0.15, -0.1) is 0 Å². The Bertz CT molecular complexity index is 310. The smallest absolute Gasteiger partial charge is 0.306 e. The van der Waals surface area contributed by atoms with Gasteiger partial charge < -0.3 is 20.4 Å². The van der Waals surface area contributed by atoms with E-state index in [2.05, 4.69) is 17.3 Å². The molecule has 5 heteroatoms. The van der Waals surface area contributed by atoms with Crippen LogP contribution in [-0.2, 0) is 4.79 Å². The van der Waals surface area contributed by atoms with Crippen LogP contribution in [-0.4, -0.2) is 59.4 Å². The fourth-order valence-electron chi connectivity index (χ4n) is 2.85. The lowest BCUT2D eigenvalue weighted by Crippen LogP contribution is -2.46. The highest BCUT2D eigenvalue weighted by Gasteiger charge is 2.35. The minimum atomic E-state index is -0.721. The Hall–Kier alpha value is -0.650. The van der Waals surface area contributed by atoms with Crippen LogP contribution in [0.25, 0.3) is 0 Å². The lowest BCUT2D eigenvalue weighted by atomic mass is 9.79. The fraction of sp³-hybridized carbons (Fsp3) is 0.929. The molecule has 2 aliphatic rings. The molecule has 2 rings (SSSR count). The summed E-state index contributed by atoms with van der Waals surface area (Å²) in [5.74, 6) is -0.984. The predicted molar refractivity (Wildman–Crippen MR) is 73.1 cm³/mol. The third-order valence-electron chi connectivity index (χ3n) is 4.53. The second-order valence-electron chi connectivity index (χ2n) is 6.23. The summed E-state index contributed by atoms with van der Waals surface area (Å²) in [5.41, 5.74) is -0.704. The summed E-state index contributed by atoms with van der Waals surface area (Å²) >= 11 is 0. The SMILES string of the molecule is CN(CCNCC1(O)CCC(C(=O)O)CC1)C1CC1. The Morgan fingerprint density at radius 3 is 2.47 bits per heavy atom. The second kappa shape index (κ2) is 6.20. The van der Waals surface area contributed by atoms with Gasteiger partial charge in [0.25, 0.3) is 0 Å². The summed E-state index contributed by atoms with van der Waals surface area (Å²) in [4.78, 5) is 13.2. The van der Waals surface area contributed by atoms with Crippen LogP contribution in [0.1, 0.15) is 38.5 Å². The highest BCUT2D eigenvalue weighted by molar-refractivity contribution is 5.70. The monoisotopic (exact) mass is 270 g/mol. The van der Waals surface area contributed by atoms with Crippen molar-refractivity contribution in [3.05, 3.63) is 0 Å². The molecule has 2 saturated carbocycles. The number of hydrogen-bond acceptors (Lipinski definition) is 4. The van der Waals surface area contributed by atoms with Gasteiger partial charge in [-0.25, -0.2) is 0 Å². The van der Waals surface area contributed by atoms with Crippen molar-refractivity contribution in [1.82, 2.24) is 10.2 Å². The largest absolute Gasteiger partial charge is 0.481 e. The highest BCUT2D eigenvalue weighted by atomic mass is 16.4. The van der Waals surface area contributed by atoms with Crippen molar-refractivity contribution >= 4 is 5.97 Å². The Kier molecular flexibility index (Phi) is 4.81. The molecule has 0 bridgehead atoms. The van der Waals surface area contributed by atoms with E-state index >= 15 is 0 Å². The fourth-order valence-corrected chi connectivity index (χ4v) is 2.85. The van der Waals surface area contributed by atoms with E-state index in [1.165, 1.54) is 12.8 Å². The molecule has 2 aliphatic carbocycles. The number of carboxylic acids is 1. The standard InChI is InChI=1S/C14H26N2O3/c1-16(12-2-3-12)9-8-15-10-14(19)6-4-11(5-7-14)13(17)18/h11-12,15,19H,2-10H2,1H3,(H,17,18). The number of nitrogens with one attached hydrogen (secondary N) is 1. The van der Waals surface area contributed by atoms with Crippen molar-refractivity contribution in [3.63, 3.8) is 0 Å². The van der Waals surface area contributed by atoms with Gasteiger partial charge in [0.05, 0.1) is 11.5 Å². The summed E-state index contributed by atoms with van der Waals surface area (Å²) in [6.45, 7) is 2.48.